The fraction of sp³-hybridized carbons (Fsp3) is 0.227. The van der Waals surface area contributed by atoms with Crippen LogP contribution in [0.15, 0.2) is 59.8 Å². The molecule has 0 saturated heterocycles. The van der Waals surface area contributed by atoms with Gasteiger partial charge in [0.25, 0.3) is 5.91 Å². The van der Waals surface area contributed by atoms with Gasteiger partial charge in [0.2, 0.25) is 5.95 Å². The molecule has 0 radical (unpaired) electrons. The summed E-state index contributed by atoms with van der Waals surface area (Å²) in [5, 5.41) is 30.1. The van der Waals surface area contributed by atoms with Crippen molar-refractivity contribution in [1.29, 1.82) is 0 Å². The number of carbonyl (C=O) groups is 1. The minimum Gasteiger partial charge on any atom is -0.508 e. The highest BCUT2D eigenvalue weighted by Crippen LogP contribution is 2.36. The van der Waals surface area contributed by atoms with E-state index in [1.807, 2.05) is 6.92 Å². The van der Waals surface area contributed by atoms with Crippen molar-refractivity contribution in [2.75, 3.05) is 17.2 Å². The zero-order chi connectivity index (χ0) is 22.0. The van der Waals surface area contributed by atoms with E-state index in [2.05, 4.69) is 20.7 Å². The van der Waals surface area contributed by atoms with Gasteiger partial charge in [-0.3, -0.25) is 4.79 Å². The average molecular weight is 440 g/mol. The summed E-state index contributed by atoms with van der Waals surface area (Å²) in [6, 6.07) is 13.0. The van der Waals surface area contributed by atoms with Crippen molar-refractivity contribution >= 4 is 29.1 Å². The number of carbonyl (C=O) groups excluding carboxylic acids is 1. The number of benzene rings is 2. The van der Waals surface area contributed by atoms with E-state index in [0.29, 0.717) is 46.6 Å². The molecule has 0 spiro atoms. The van der Waals surface area contributed by atoms with Gasteiger partial charge in [-0.2, -0.15) is 10.1 Å². The smallest absolute Gasteiger partial charge is 0.255 e. The lowest BCUT2D eigenvalue weighted by Crippen LogP contribution is -2.31. The van der Waals surface area contributed by atoms with Gasteiger partial charge in [-0.25, -0.2) is 4.68 Å². The standard InChI is InChI=1S/C22H22ClN5O3/c1-13-19(21(31)25-16-8-6-15(23)7-9-16)20(14-4-10-17(30)11-5-14)28-22(24-13)26-18(27-28)3-2-12-29/h4-11,20,29-30H,2-3,12H2,1H3,(H,25,31)(H,24,26,27). The summed E-state index contributed by atoms with van der Waals surface area (Å²) >= 11 is 5.94. The Hall–Kier alpha value is -3.36. The zero-order valence-electron chi connectivity index (χ0n) is 16.8. The van der Waals surface area contributed by atoms with Gasteiger partial charge in [0.15, 0.2) is 5.82 Å². The Morgan fingerprint density at radius 1 is 1.19 bits per heavy atom. The summed E-state index contributed by atoms with van der Waals surface area (Å²) < 4.78 is 1.67. The number of aromatic nitrogens is 3. The summed E-state index contributed by atoms with van der Waals surface area (Å²) in [5.41, 5.74) is 2.52. The molecule has 3 aromatic rings. The van der Waals surface area contributed by atoms with Crippen molar-refractivity contribution in [3.8, 4) is 5.75 Å². The summed E-state index contributed by atoms with van der Waals surface area (Å²) in [6.45, 7) is 1.86. The quantitative estimate of drug-likeness (QED) is 0.467. The van der Waals surface area contributed by atoms with Crippen molar-refractivity contribution in [3.63, 3.8) is 0 Å². The van der Waals surface area contributed by atoms with Crippen LogP contribution < -0.4 is 10.6 Å². The molecular weight excluding hydrogens is 418 g/mol. The number of phenols is 1. The van der Waals surface area contributed by atoms with Crippen LogP contribution in [0.25, 0.3) is 0 Å². The van der Waals surface area contributed by atoms with Crippen molar-refractivity contribution in [1.82, 2.24) is 14.8 Å². The minimum atomic E-state index is -0.542. The molecular formula is C22H22ClN5O3. The van der Waals surface area contributed by atoms with E-state index in [-0.39, 0.29) is 18.3 Å². The van der Waals surface area contributed by atoms with Gasteiger partial charge in [0, 0.05) is 29.4 Å². The van der Waals surface area contributed by atoms with E-state index in [1.54, 1.807) is 53.2 Å². The summed E-state index contributed by atoms with van der Waals surface area (Å²) in [4.78, 5) is 17.8. The number of fused-ring (bicyclic) bond motifs is 1. The number of allylic oxidation sites excluding steroid dienone is 1. The first-order valence-corrected chi connectivity index (χ1v) is 10.2. The van der Waals surface area contributed by atoms with E-state index < -0.39 is 6.04 Å². The number of phenolic OH excluding ortho intramolecular Hbond substituents is 1. The molecule has 0 fully saturated rings. The number of aryl methyl sites for hydroxylation is 1. The molecule has 4 N–H and O–H groups in total. The van der Waals surface area contributed by atoms with Gasteiger partial charge in [-0.05, 0) is 55.3 Å². The number of halogens is 1. The summed E-state index contributed by atoms with van der Waals surface area (Å²) in [7, 11) is 0. The van der Waals surface area contributed by atoms with Crippen LogP contribution in [0.3, 0.4) is 0 Å². The first kappa shape index (κ1) is 20.9. The van der Waals surface area contributed by atoms with Gasteiger partial charge in [-0.15, -0.1) is 0 Å². The Balaban J connectivity index is 1.74. The first-order valence-electron chi connectivity index (χ1n) is 9.86. The third-order valence-electron chi connectivity index (χ3n) is 5.01. The third-order valence-corrected chi connectivity index (χ3v) is 5.26. The van der Waals surface area contributed by atoms with Crippen LogP contribution in [0.5, 0.6) is 5.75 Å². The lowest BCUT2D eigenvalue weighted by molar-refractivity contribution is -0.113. The SMILES string of the molecule is CC1=C(C(=O)Nc2ccc(Cl)cc2)C(c2ccc(O)cc2)n2nc(CCCO)nc2N1. The highest BCUT2D eigenvalue weighted by atomic mass is 35.5. The van der Waals surface area contributed by atoms with Crippen molar-refractivity contribution in [2.24, 2.45) is 0 Å². The predicted molar refractivity (Wildman–Crippen MR) is 118 cm³/mol. The third kappa shape index (κ3) is 4.40. The van der Waals surface area contributed by atoms with E-state index in [1.165, 1.54) is 0 Å². The molecule has 2 aromatic carbocycles. The Kier molecular flexibility index (Phi) is 5.92. The second kappa shape index (κ2) is 8.79. The molecule has 1 aliphatic rings. The summed E-state index contributed by atoms with van der Waals surface area (Å²) in [5.74, 6) is 0.940. The number of nitrogens with one attached hydrogen (secondary N) is 2. The van der Waals surface area contributed by atoms with Gasteiger partial charge < -0.3 is 20.8 Å². The van der Waals surface area contributed by atoms with Crippen molar-refractivity contribution in [3.05, 3.63) is 76.2 Å². The normalized spacial score (nSPS) is 15.4. The van der Waals surface area contributed by atoms with Crippen LogP contribution in [0.4, 0.5) is 11.6 Å². The number of hydrogen-bond donors (Lipinski definition) is 4. The Morgan fingerprint density at radius 2 is 1.90 bits per heavy atom. The summed E-state index contributed by atoms with van der Waals surface area (Å²) in [6.07, 6.45) is 1.06. The Morgan fingerprint density at radius 3 is 2.58 bits per heavy atom. The van der Waals surface area contributed by atoms with Crippen LogP contribution in [0, 0.1) is 0 Å². The number of aromatic hydroxyl groups is 1. The molecule has 0 aliphatic carbocycles. The monoisotopic (exact) mass is 439 g/mol. The molecule has 0 saturated carbocycles. The van der Waals surface area contributed by atoms with Crippen molar-refractivity contribution < 1.29 is 15.0 Å². The Labute approximate surface area is 184 Å². The molecule has 1 atom stereocenters. The van der Waals surface area contributed by atoms with Crippen LogP contribution >= 0.6 is 11.6 Å². The number of anilines is 2. The molecule has 31 heavy (non-hydrogen) atoms. The lowest BCUT2D eigenvalue weighted by Gasteiger charge is -2.28. The number of nitrogens with zero attached hydrogens (tertiary/aromatic N) is 3. The lowest BCUT2D eigenvalue weighted by atomic mass is 9.95. The molecule has 4 rings (SSSR count). The van der Waals surface area contributed by atoms with Gasteiger partial charge >= 0.3 is 0 Å². The fourth-order valence-electron chi connectivity index (χ4n) is 3.53. The first-order chi connectivity index (χ1) is 15.0. The molecule has 1 unspecified atom stereocenters. The van der Waals surface area contributed by atoms with E-state index >= 15 is 0 Å². The molecule has 8 nitrogen and oxygen atoms in total. The molecule has 0 bridgehead atoms. The average Bonchev–Trinajstić information content (AvgIpc) is 3.15. The minimum absolute atomic E-state index is 0.0463. The second-order valence-electron chi connectivity index (χ2n) is 7.24. The molecule has 1 aromatic heterocycles. The fourth-order valence-corrected chi connectivity index (χ4v) is 3.65. The van der Waals surface area contributed by atoms with Crippen LogP contribution in [-0.2, 0) is 11.2 Å². The number of rotatable bonds is 6. The predicted octanol–water partition coefficient (Wildman–Crippen LogP) is 3.49. The maximum absolute atomic E-state index is 13.3. The maximum atomic E-state index is 13.3. The van der Waals surface area contributed by atoms with Gasteiger partial charge in [0.1, 0.15) is 11.8 Å². The van der Waals surface area contributed by atoms with Gasteiger partial charge in [0.05, 0.1) is 5.57 Å². The highest BCUT2D eigenvalue weighted by molar-refractivity contribution is 6.30. The van der Waals surface area contributed by atoms with Crippen LogP contribution in [-0.4, -0.2) is 37.5 Å². The molecule has 9 heteroatoms. The van der Waals surface area contributed by atoms with Gasteiger partial charge in [-0.1, -0.05) is 23.7 Å². The van der Waals surface area contributed by atoms with E-state index in [4.69, 9.17) is 16.7 Å². The number of aliphatic hydroxyl groups is 1. The highest BCUT2D eigenvalue weighted by Gasteiger charge is 2.34. The molecule has 1 amide bonds. The molecule has 2 heterocycles. The Bertz CT molecular complexity index is 1120. The zero-order valence-corrected chi connectivity index (χ0v) is 17.6. The number of hydrogen-bond acceptors (Lipinski definition) is 6. The van der Waals surface area contributed by atoms with E-state index in [9.17, 15) is 9.90 Å². The van der Waals surface area contributed by atoms with Crippen LogP contribution in [0.2, 0.25) is 5.02 Å². The maximum Gasteiger partial charge on any atom is 0.255 e. The van der Waals surface area contributed by atoms with Crippen molar-refractivity contribution in [2.45, 2.75) is 25.8 Å². The molecule has 1 aliphatic heterocycles. The molecule has 160 valence electrons. The largest absolute Gasteiger partial charge is 0.508 e. The topological polar surface area (TPSA) is 112 Å². The number of aliphatic hydroxyl groups excluding tert-OH is 1. The second-order valence-corrected chi connectivity index (χ2v) is 7.68. The number of amides is 1. The van der Waals surface area contributed by atoms with Crippen LogP contribution in [0.1, 0.15) is 30.8 Å². The van der Waals surface area contributed by atoms with E-state index in [0.717, 1.165) is 5.56 Å².